The molecule has 1 aromatic carbocycles. The third-order valence-electron chi connectivity index (χ3n) is 2.31. The fourth-order valence-corrected chi connectivity index (χ4v) is 2.87. The van der Waals surface area contributed by atoms with Gasteiger partial charge < -0.3 is 0 Å². The van der Waals surface area contributed by atoms with Crippen LogP contribution < -0.4 is 0 Å². The smallest absolute Gasteiger partial charge is 0.100 e. The number of halogens is 1. The normalized spacial score (nSPS) is 16.7. The van der Waals surface area contributed by atoms with Crippen molar-refractivity contribution in [3.63, 3.8) is 0 Å². The molecule has 1 saturated carbocycles. The topological polar surface area (TPSA) is 12.9 Å². The van der Waals surface area contributed by atoms with Gasteiger partial charge in [0, 0.05) is 5.92 Å². The van der Waals surface area contributed by atoms with E-state index in [4.69, 9.17) is 11.6 Å². The van der Waals surface area contributed by atoms with E-state index in [0.717, 1.165) is 16.5 Å². The number of benzene rings is 1. The molecule has 3 heteroatoms. The zero-order valence-corrected chi connectivity index (χ0v) is 8.53. The Morgan fingerprint density at radius 2 is 2.23 bits per heavy atom. The lowest BCUT2D eigenvalue weighted by Crippen LogP contribution is -1.74. The van der Waals surface area contributed by atoms with Crippen molar-refractivity contribution in [1.82, 2.24) is 4.98 Å². The Kier molecular flexibility index (Phi) is 1.61. The number of nitrogens with zero attached hydrogens (tertiary/aromatic N) is 1. The second kappa shape index (κ2) is 2.69. The molecular weight excluding hydrogens is 202 g/mol. The molecule has 1 aliphatic rings. The highest BCUT2D eigenvalue weighted by Gasteiger charge is 2.27. The van der Waals surface area contributed by atoms with E-state index < -0.39 is 0 Å². The Bertz CT molecular complexity index is 459. The van der Waals surface area contributed by atoms with E-state index in [1.54, 1.807) is 11.3 Å². The first-order valence-electron chi connectivity index (χ1n) is 4.39. The summed E-state index contributed by atoms with van der Waals surface area (Å²) in [5.41, 5.74) is 0.982. The second-order valence-corrected chi connectivity index (χ2v) is 4.88. The van der Waals surface area contributed by atoms with Gasteiger partial charge in [-0.2, -0.15) is 0 Å². The fourth-order valence-electron chi connectivity index (χ4n) is 1.44. The van der Waals surface area contributed by atoms with Gasteiger partial charge in [-0.05, 0) is 25.0 Å². The molecule has 66 valence electrons. The van der Waals surface area contributed by atoms with Crippen LogP contribution in [0.1, 0.15) is 23.8 Å². The van der Waals surface area contributed by atoms with Crippen LogP contribution in [0.4, 0.5) is 0 Å². The van der Waals surface area contributed by atoms with E-state index in [9.17, 15) is 0 Å². The van der Waals surface area contributed by atoms with Gasteiger partial charge >= 0.3 is 0 Å². The molecule has 0 spiro atoms. The van der Waals surface area contributed by atoms with Crippen LogP contribution in [0.3, 0.4) is 0 Å². The summed E-state index contributed by atoms with van der Waals surface area (Å²) in [5.74, 6) is 0.730. The highest BCUT2D eigenvalue weighted by atomic mass is 35.5. The molecule has 1 heterocycles. The third-order valence-corrected chi connectivity index (χ3v) is 3.80. The first kappa shape index (κ1) is 7.77. The van der Waals surface area contributed by atoms with Crippen molar-refractivity contribution in [2.75, 3.05) is 0 Å². The lowest BCUT2D eigenvalue weighted by atomic mass is 10.3. The van der Waals surface area contributed by atoms with E-state index in [-0.39, 0.29) is 0 Å². The maximum atomic E-state index is 6.04. The Hall–Kier alpha value is -0.600. The van der Waals surface area contributed by atoms with Crippen LogP contribution in [0, 0.1) is 0 Å². The average Bonchev–Trinajstić information content (AvgIpc) is 2.87. The molecular formula is C10H8ClNS. The molecule has 1 nitrogen and oxygen atoms in total. The van der Waals surface area contributed by atoms with Crippen LogP contribution >= 0.6 is 22.9 Å². The van der Waals surface area contributed by atoms with Gasteiger partial charge in [0.2, 0.25) is 0 Å². The summed E-state index contributed by atoms with van der Waals surface area (Å²) in [6, 6.07) is 5.98. The van der Waals surface area contributed by atoms with E-state index >= 15 is 0 Å². The number of thiazole rings is 1. The Morgan fingerprint density at radius 3 is 2.92 bits per heavy atom. The number of para-hydroxylation sites is 1. The van der Waals surface area contributed by atoms with Gasteiger partial charge in [-0.25, -0.2) is 4.98 Å². The van der Waals surface area contributed by atoms with E-state index in [1.807, 2.05) is 12.1 Å². The van der Waals surface area contributed by atoms with Gasteiger partial charge in [-0.3, -0.25) is 0 Å². The molecule has 3 rings (SSSR count). The van der Waals surface area contributed by atoms with Crippen LogP contribution in [0.2, 0.25) is 5.02 Å². The van der Waals surface area contributed by atoms with Crippen LogP contribution in [0.5, 0.6) is 0 Å². The molecule has 1 fully saturated rings. The quantitative estimate of drug-likeness (QED) is 0.696. The predicted octanol–water partition coefficient (Wildman–Crippen LogP) is 3.83. The van der Waals surface area contributed by atoms with Crippen molar-refractivity contribution in [2.45, 2.75) is 18.8 Å². The standard InChI is InChI=1S/C10H8ClNS/c11-7-2-1-3-8-9(7)12-10(13-8)6-4-5-6/h1-3,6H,4-5H2. The monoisotopic (exact) mass is 209 g/mol. The zero-order valence-electron chi connectivity index (χ0n) is 6.96. The maximum Gasteiger partial charge on any atom is 0.100 e. The molecule has 1 aliphatic carbocycles. The van der Waals surface area contributed by atoms with E-state index in [1.165, 1.54) is 22.5 Å². The molecule has 0 radical (unpaired) electrons. The highest BCUT2D eigenvalue weighted by molar-refractivity contribution is 7.18. The second-order valence-electron chi connectivity index (χ2n) is 3.41. The molecule has 0 aliphatic heterocycles. The minimum atomic E-state index is 0.730. The molecule has 0 bridgehead atoms. The van der Waals surface area contributed by atoms with Crippen molar-refractivity contribution in [2.24, 2.45) is 0 Å². The van der Waals surface area contributed by atoms with Crippen LogP contribution in [0.15, 0.2) is 18.2 Å². The van der Waals surface area contributed by atoms with Crippen molar-refractivity contribution < 1.29 is 0 Å². The summed E-state index contributed by atoms with van der Waals surface area (Å²) in [6.07, 6.45) is 2.61. The van der Waals surface area contributed by atoms with Crippen LogP contribution in [0.25, 0.3) is 10.2 Å². The minimum absolute atomic E-state index is 0.730. The summed E-state index contributed by atoms with van der Waals surface area (Å²) >= 11 is 7.83. The van der Waals surface area contributed by atoms with Gasteiger partial charge in [0.25, 0.3) is 0 Å². The molecule has 0 N–H and O–H groups in total. The average molecular weight is 210 g/mol. The summed E-state index contributed by atoms with van der Waals surface area (Å²) in [4.78, 5) is 4.56. The fraction of sp³-hybridized carbons (Fsp3) is 0.300. The Balaban J connectivity index is 2.26. The van der Waals surface area contributed by atoms with E-state index in [2.05, 4.69) is 11.1 Å². The van der Waals surface area contributed by atoms with E-state index in [0.29, 0.717) is 0 Å². The van der Waals surface area contributed by atoms with Gasteiger partial charge in [0.15, 0.2) is 0 Å². The van der Waals surface area contributed by atoms with Crippen molar-refractivity contribution in [3.05, 3.63) is 28.2 Å². The van der Waals surface area contributed by atoms with Crippen molar-refractivity contribution in [3.8, 4) is 0 Å². The molecule has 0 amide bonds. The Labute approximate surface area is 85.4 Å². The minimum Gasteiger partial charge on any atom is -0.239 e. The Morgan fingerprint density at radius 1 is 1.38 bits per heavy atom. The highest BCUT2D eigenvalue weighted by Crippen LogP contribution is 2.43. The van der Waals surface area contributed by atoms with Crippen LogP contribution in [-0.4, -0.2) is 4.98 Å². The SMILES string of the molecule is Clc1cccc2sc(C3CC3)nc12. The summed E-state index contributed by atoms with van der Waals surface area (Å²) in [7, 11) is 0. The first-order valence-corrected chi connectivity index (χ1v) is 5.59. The largest absolute Gasteiger partial charge is 0.239 e. The number of rotatable bonds is 1. The lowest BCUT2D eigenvalue weighted by Gasteiger charge is -1.88. The van der Waals surface area contributed by atoms with Gasteiger partial charge in [0.05, 0.1) is 14.7 Å². The van der Waals surface area contributed by atoms with Gasteiger partial charge in [0.1, 0.15) is 5.52 Å². The number of hydrogen-bond acceptors (Lipinski definition) is 2. The summed E-state index contributed by atoms with van der Waals surface area (Å²) in [6.45, 7) is 0. The van der Waals surface area contributed by atoms with Crippen molar-refractivity contribution >= 4 is 33.2 Å². The molecule has 0 atom stereocenters. The van der Waals surface area contributed by atoms with Gasteiger partial charge in [-0.15, -0.1) is 11.3 Å². The van der Waals surface area contributed by atoms with Gasteiger partial charge in [-0.1, -0.05) is 17.7 Å². The molecule has 2 aromatic rings. The van der Waals surface area contributed by atoms with Crippen molar-refractivity contribution in [1.29, 1.82) is 0 Å². The summed E-state index contributed by atoms with van der Waals surface area (Å²) in [5, 5.41) is 2.05. The molecule has 0 unspecified atom stereocenters. The molecule has 13 heavy (non-hydrogen) atoms. The number of aromatic nitrogens is 1. The third kappa shape index (κ3) is 1.25. The zero-order chi connectivity index (χ0) is 8.84. The number of hydrogen-bond donors (Lipinski definition) is 0. The molecule has 1 aromatic heterocycles. The number of fused-ring (bicyclic) bond motifs is 1. The predicted molar refractivity (Wildman–Crippen MR) is 56.6 cm³/mol. The maximum absolute atomic E-state index is 6.04. The molecule has 0 saturated heterocycles. The first-order chi connectivity index (χ1) is 6.34. The summed E-state index contributed by atoms with van der Waals surface area (Å²) < 4.78 is 1.22. The van der Waals surface area contributed by atoms with Crippen LogP contribution in [-0.2, 0) is 0 Å². The lowest BCUT2D eigenvalue weighted by molar-refractivity contribution is 1.10.